The predicted octanol–water partition coefficient (Wildman–Crippen LogP) is 9.22. The van der Waals surface area contributed by atoms with Crippen molar-refractivity contribution in [2.24, 2.45) is 0 Å². The van der Waals surface area contributed by atoms with Crippen LogP contribution in [-0.4, -0.2) is 93.1 Å². The van der Waals surface area contributed by atoms with E-state index in [1.807, 2.05) is 25.7 Å². The molecule has 0 bridgehead atoms. The average Bonchev–Trinajstić information content (AvgIpc) is 3.55. The lowest BCUT2D eigenvalue weighted by Crippen LogP contribution is -2.42. The van der Waals surface area contributed by atoms with Gasteiger partial charge in [-0.1, -0.05) is 28.9 Å². The molecule has 43 heavy (non-hydrogen) atoms. The van der Waals surface area contributed by atoms with E-state index in [0.717, 1.165) is 25.9 Å². The molecule has 0 spiro atoms. The third-order valence-electron chi connectivity index (χ3n) is 7.80. The number of nitrogens with zero attached hydrogens (tertiary/aromatic N) is 4. The summed E-state index contributed by atoms with van der Waals surface area (Å²) >= 11 is 0. The highest BCUT2D eigenvalue weighted by Gasteiger charge is 2.32. The van der Waals surface area contributed by atoms with E-state index >= 15 is 0 Å². The fraction of sp³-hybridized carbons (Fsp3) is 0.889. The standard InChI is InChI=1S/C10H19N.C8H15NO.C8H17N.C7H13NO2.3CH4/c1-9-7-5-6-8-11(9)10(2,3)4;1-8(2,3)9-6-4-5-7(9)10;1-8(2,3)9-6-4-5-7-9;1-7(2,3)8-4-5-10-6(8)9;;;/h1,5-8H2,2-4H3;4-6H2,1-3H3;4-7H2,1-3H3;4-5H2,1-3H3;3*1H4. The highest BCUT2D eigenvalue weighted by atomic mass is 16.6. The molecule has 0 aliphatic carbocycles. The summed E-state index contributed by atoms with van der Waals surface area (Å²) in [6.45, 7) is 36.0. The Labute approximate surface area is 269 Å². The van der Waals surface area contributed by atoms with Gasteiger partial charge in [-0.05, 0) is 135 Å². The summed E-state index contributed by atoms with van der Waals surface area (Å²) in [6.07, 6.45) is 8.24. The summed E-state index contributed by atoms with van der Waals surface area (Å²) in [5, 5.41) is 0. The van der Waals surface area contributed by atoms with Gasteiger partial charge in [-0.3, -0.25) is 14.6 Å². The third-order valence-corrected chi connectivity index (χ3v) is 7.80. The van der Waals surface area contributed by atoms with E-state index in [0.29, 0.717) is 18.1 Å². The van der Waals surface area contributed by atoms with Gasteiger partial charge in [0.05, 0.1) is 6.54 Å². The Bertz CT molecular complexity index is 770. The average molecular weight is 613 g/mol. The van der Waals surface area contributed by atoms with Crippen molar-refractivity contribution in [1.29, 1.82) is 0 Å². The second-order valence-corrected chi connectivity index (χ2v) is 15.5. The lowest BCUT2D eigenvalue weighted by molar-refractivity contribution is -0.131. The van der Waals surface area contributed by atoms with Gasteiger partial charge in [-0.25, -0.2) is 4.79 Å². The van der Waals surface area contributed by atoms with Gasteiger partial charge in [0.1, 0.15) is 6.61 Å². The normalized spacial score (nSPS) is 19.3. The van der Waals surface area contributed by atoms with Crippen molar-refractivity contribution in [3.63, 3.8) is 0 Å². The van der Waals surface area contributed by atoms with Crippen LogP contribution in [0.15, 0.2) is 12.3 Å². The fourth-order valence-corrected chi connectivity index (χ4v) is 5.45. The van der Waals surface area contributed by atoms with Crippen LogP contribution in [-0.2, 0) is 9.53 Å². The molecule has 258 valence electrons. The summed E-state index contributed by atoms with van der Waals surface area (Å²) in [4.78, 5) is 30.7. The number of hydrogen-bond acceptors (Lipinski definition) is 5. The zero-order valence-corrected chi connectivity index (χ0v) is 28.4. The van der Waals surface area contributed by atoms with Gasteiger partial charge in [0.15, 0.2) is 0 Å². The van der Waals surface area contributed by atoms with E-state index in [-0.39, 0.29) is 45.0 Å². The number of ether oxygens (including phenoxy) is 1. The van der Waals surface area contributed by atoms with Gasteiger partial charge in [-0.2, -0.15) is 0 Å². The Kier molecular flexibility index (Phi) is 20.1. The Morgan fingerprint density at radius 1 is 0.535 bits per heavy atom. The number of likely N-dealkylation sites (tertiary alicyclic amines) is 3. The van der Waals surface area contributed by atoms with Crippen molar-refractivity contribution in [3.05, 3.63) is 12.3 Å². The van der Waals surface area contributed by atoms with Crippen molar-refractivity contribution in [1.82, 2.24) is 19.6 Å². The molecule has 4 aliphatic heterocycles. The second-order valence-electron chi connectivity index (χ2n) is 15.5. The van der Waals surface area contributed by atoms with Gasteiger partial charge in [0.2, 0.25) is 5.91 Å². The summed E-state index contributed by atoms with van der Waals surface area (Å²) in [5.74, 6) is 0.313. The van der Waals surface area contributed by atoms with Crippen LogP contribution >= 0.6 is 0 Å². The first-order valence-electron chi connectivity index (χ1n) is 15.6. The second kappa shape index (κ2) is 18.9. The number of amides is 2. The van der Waals surface area contributed by atoms with E-state index in [9.17, 15) is 9.59 Å². The van der Waals surface area contributed by atoms with Gasteiger partial charge in [0, 0.05) is 47.4 Å². The molecule has 0 atom stereocenters. The Morgan fingerprint density at radius 3 is 1.21 bits per heavy atom. The molecule has 0 radical (unpaired) electrons. The van der Waals surface area contributed by atoms with Crippen LogP contribution in [0, 0.1) is 0 Å². The maximum Gasteiger partial charge on any atom is 0.410 e. The van der Waals surface area contributed by atoms with Crippen molar-refractivity contribution < 1.29 is 14.3 Å². The highest BCUT2D eigenvalue weighted by Crippen LogP contribution is 2.26. The number of allylic oxidation sites excluding steroid dienone is 1. The largest absolute Gasteiger partial charge is 0.448 e. The predicted molar refractivity (Wildman–Crippen MR) is 189 cm³/mol. The molecule has 4 aliphatic rings. The van der Waals surface area contributed by atoms with Crippen molar-refractivity contribution in [3.8, 4) is 0 Å². The molecule has 0 aromatic rings. The topological polar surface area (TPSA) is 56.3 Å². The number of carbonyl (C=O) groups is 2. The molecule has 7 heteroatoms. The van der Waals surface area contributed by atoms with Gasteiger partial charge >= 0.3 is 6.09 Å². The van der Waals surface area contributed by atoms with E-state index in [4.69, 9.17) is 4.74 Å². The third kappa shape index (κ3) is 16.2. The lowest BCUT2D eigenvalue weighted by atomic mass is 9.99. The summed E-state index contributed by atoms with van der Waals surface area (Å²) in [6, 6.07) is 0. The molecule has 4 heterocycles. The van der Waals surface area contributed by atoms with Crippen LogP contribution in [0.5, 0.6) is 0 Å². The molecule has 7 nitrogen and oxygen atoms in total. The van der Waals surface area contributed by atoms with Crippen molar-refractivity contribution >= 4 is 12.0 Å². The number of piperidine rings is 1. The molecule has 4 rings (SSSR count). The number of carbonyl (C=O) groups excluding carboxylic acids is 2. The van der Waals surface area contributed by atoms with Crippen LogP contribution in [0.3, 0.4) is 0 Å². The Morgan fingerprint density at radius 2 is 0.977 bits per heavy atom. The minimum Gasteiger partial charge on any atom is -0.448 e. The molecule has 0 saturated carbocycles. The zero-order chi connectivity index (χ0) is 30.9. The lowest BCUT2D eigenvalue weighted by Gasteiger charge is -2.41. The summed E-state index contributed by atoms with van der Waals surface area (Å²) < 4.78 is 4.78. The van der Waals surface area contributed by atoms with E-state index in [1.54, 1.807) is 4.90 Å². The molecule has 0 aromatic heterocycles. The van der Waals surface area contributed by atoms with Crippen molar-refractivity contribution in [2.45, 2.75) is 172 Å². The van der Waals surface area contributed by atoms with Crippen LogP contribution in [0.1, 0.15) is 150 Å². The van der Waals surface area contributed by atoms with Crippen LogP contribution in [0.2, 0.25) is 0 Å². The first kappa shape index (κ1) is 45.7. The SMILES string of the molecule is C.C.C.C=C1CCCCN1C(C)(C)C.CC(C)(C)N1CCCC1.CC(C)(C)N1CCCC1=O.CC(C)(C)N1CCOC1=O. The highest BCUT2D eigenvalue weighted by molar-refractivity contribution is 5.78. The van der Waals surface area contributed by atoms with Gasteiger partial charge < -0.3 is 14.5 Å². The monoisotopic (exact) mass is 613 g/mol. The number of hydrogen-bond donors (Lipinski definition) is 0. The van der Waals surface area contributed by atoms with Gasteiger partial charge in [-0.15, -0.1) is 0 Å². The van der Waals surface area contributed by atoms with Gasteiger partial charge in [0.25, 0.3) is 0 Å². The van der Waals surface area contributed by atoms with Crippen LogP contribution in [0.25, 0.3) is 0 Å². The first-order valence-corrected chi connectivity index (χ1v) is 15.6. The summed E-state index contributed by atoms with van der Waals surface area (Å²) in [5.41, 5.74) is 1.96. The number of cyclic esters (lactones) is 1. The summed E-state index contributed by atoms with van der Waals surface area (Å²) in [7, 11) is 0. The molecule has 0 aromatic carbocycles. The maximum absolute atomic E-state index is 11.1. The zero-order valence-electron chi connectivity index (χ0n) is 28.4. The van der Waals surface area contributed by atoms with Crippen LogP contribution < -0.4 is 0 Å². The molecule has 4 saturated heterocycles. The molecule has 4 fully saturated rings. The molecule has 2 amide bonds. The number of rotatable bonds is 0. The van der Waals surface area contributed by atoms with Crippen molar-refractivity contribution in [2.75, 3.05) is 39.3 Å². The van der Waals surface area contributed by atoms with E-state index in [1.165, 1.54) is 57.4 Å². The molecular formula is C36H76N4O3. The fourth-order valence-electron chi connectivity index (χ4n) is 5.45. The minimum absolute atomic E-state index is 0. The van der Waals surface area contributed by atoms with E-state index < -0.39 is 0 Å². The Hall–Kier alpha value is -1.76. The molecule has 0 unspecified atom stereocenters. The Balaban J connectivity index is -0.000000486. The minimum atomic E-state index is -0.187. The van der Waals surface area contributed by atoms with E-state index in [2.05, 4.69) is 78.7 Å². The van der Waals surface area contributed by atoms with Crippen LogP contribution in [0.4, 0.5) is 4.79 Å². The molecular weight excluding hydrogens is 536 g/mol. The quantitative estimate of drug-likeness (QED) is 0.273. The smallest absolute Gasteiger partial charge is 0.410 e. The maximum atomic E-state index is 11.1. The molecule has 0 N–H and O–H groups in total. The first-order chi connectivity index (χ1) is 18.2.